The topological polar surface area (TPSA) is 104 Å². The van der Waals surface area contributed by atoms with Crippen LogP contribution in [0.2, 0.25) is 0 Å². The number of amides is 2. The molecule has 2 rings (SSSR count). The van der Waals surface area contributed by atoms with E-state index in [2.05, 4.69) is 15.4 Å². The third-order valence-corrected chi connectivity index (χ3v) is 4.89. The van der Waals surface area contributed by atoms with E-state index in [1.54, 1.807) is 38.1 Å². The maximum Gasteiger partial charge on any atom is 0.255 e. The Bertz CT molecular complexity index is 924. The minimum Gasteiger partial charge on any atom is -0.326 e. The molecule has 0 spiro atoms. The molecule has 26 heavy (non-hydrogen) atoms. The van der Waals surface area contributed by atoms with Crippen molar-refractivity contribution in [1.29, 1.82) is 0 Å². The number of carbonyl (C=O) groups excluding carboxylic acids is 2. The molecular formula is C18H21N3O4S. The van der Waals surface area contributed by atoms with Crippen LogP contribution in [0.1, 0.15) is 31.1 Å². The van der Waals surface area contributed by atoms with E-state index in [4.69, 9.17) is 0 Å². The first-order chi connectivity index (χ1) is 12.2. The Morgan fingerprint density at radius 1 is 0.923 bits per heavy atom. The van der Waals surface area contributed by atoms with Crippen LogP contribution < -0.4 is 15.4 Å². The Morgan fingerprint density at radius 2 is 1.54 bits per heavy atom. The van der Waals surface area contributed by atoms with Crippen LogP contribution in [0.15, 0.2) is 53.4 Å². The summed E-state index contributed by atoms with van der Waals surface area (Å²) in [5, 5.41) is 5.31. The normalized spacial score (nSPS) is 11.2. The Kier molecular flexibility index (Phi) is 6.12. The number of nitrogens with one attached hydrogen (secondary N) is 3. The zero-order chi connectivity index (χ0) is 19.3. The third-order valence-electron chi connectivity index (χ3n) is 3.24. The van der Waals surface area contributed by atoms with Gasteiger partial charge in [0.1, 0.15) is 0 Å². The summed E-state index contributed by atoms with van der Waals surface area (Å²) < 4.78 is 27.0. The lowest BCUT2D eigenvalue weighted by Gasteiger charge is -2.11. The van der Waals surface area contributed by atoms with Crippen LogP contribution >= 0.6 is 0 Å². The highest BCUT2D eigenvalue weighted by molar-refractivity contribution is 7.89. The van der Waals surface area contributed by atoms with Gasteiger partial charge in [-0.2, -0.15) is 0 Å². The predicted molar refractivity (Wildman–Crippen MR) is 101 cm³/mol. The molecule has 2 aromatic carbocycles. The number of carbonyl (C=O) groups is 2. The average molecular weight is 375 g/mol. The minimum absolute atomic E-state index is 0.0193. The first kappa shape index (κ1) is 19.6. The molecule has 0 atom stereocenters. The van der Waals surface area contributed by atoms with Crippen molar-refractivity contribution in [3.8, 4) is 0 Å². The zero-order valence-corrected chi connectivity index (χ0v) is 15.6. The lowest BCUT2D eigenvalue weighted by Crippen LogP contribution is -2.30. The van der Waals surface area contributed by atoms with Crippen molar-refractivity contribution in [3.05, 3.63) is 54.1 Å². The average Bonchev–Trinajstić information content (AvgIpc) is 2.53. The smallest absolute Gasteiger partial charge is 0.255 e. The summed E-state index contributed by atoms with van der Waals surface area (Å²) in [6.07, 6.45) is 0. The summed E-state index contributed by atoms with van der Waals surface area (Å²) in [6, 6.07) is 12.2. The molecule has 0 radical (unpaired) electrons. The van der Waals surface area contributed by atoms with E-state index in [1.807, 2.05) is 0 Å². The van der Waals surface area contributed by atoms with Gasteiger partial charge in [-0.05, 0) is 50.2 Å². The van der Waals surface area contributed by atoms with Crippen LogP contribution in [0.25, 0.3) is 0 Å². The van der Waals surface area contributed by atoms with Crippen LogP contribution in [-0.2, 0) is 14.8 Å². The highest BCUT2D eigenvalue weighted by Crippen LogP contribution is 2.17. The molecule has 0 heterocycles. The lowest BCUT2D eigenvalue weighted by molar-refractivity contribution is -0.114. The van der Waals surface area contributed by atoms with Crippen molar-refractivity contribution in [3.63, 3.8) is 0 Å². The number of hydrogen-bond acceptors (Lipinski definition) is 4. The van der Waals surface area contributed by atoms with Gasteiger partial charge in [-0.25, -0.2) is 13.1 Å². The molecule has 8 heteroatoms. The van der Waals surface area contributed by atoms with Gasteiger partial charge < -0.3 is 10.6 Å². The van der Waals surface area contributed by atoms with Crippen LogP contribution in [0.3, 0.4) is 0 Å². The van der Waals surface area contributed by atoms with Gasteiger partial charge in [-0.3, -0.25) is 9.59 Å². The van der Waals surface area contributed by atoms with Crippen LogP contribution in [0.4, 0.5) is 11.4 Å². The largest absolute Gasteiger partial charge is 0.326 e. The number of anilines is 2. The predicted octanol–water partition coefficient (Wildman–Crippen LogP) is 2.58. The number of rotatable bonds is 6. The van der Waals surface area contributed by atoms with Gasteiger partial charge in [-0.1, -0.05) is 12.1 Å². The second-order valence-corrected chi connectivity index (χ2v) is 7.73. The van der Waals surface area contributed by atoms with Crippen molar-refractivity contribution in [1.82, 2.24) is 4.72 Å². The van der Waals surface area contributed by atoms with Crippen LogP contribution in [0, 0.1) is 0 Å². The first-order valence-electron chi connectivity index (χ1n) is 7.99. The second-order valence-electron chi connectivity index (χ2n) is 6.02. The molecule has 0 aliphatic carbocycles. The Hall–Kier alpha value is -2.71. The molecule has 2 aromatic rings. The van der Waals surface area contributed by atoms with Gasteiger partial charge in [-0.15, -0.1) is 0 Å². The van der Waals surface area contributed by atoms with E-state index in [0.29, 0.717) is 11.4 Å². The van der Waals surface area contributed by atoms with Crippen molar-refractivity contribution in [2.75, 3.05) is 10.6 Å². The molecule has 0 bridgehead atoms. The summed E-state index contributed by atoms with van der Waals surface area (Å²) in [4.78, 5) is 23.6. The van der Waals surface area contributed by atoms with Gasteiger partial charge >= 0.3 is 0 Å². The molecule has 7 nitrogen and oxygen atoms in total. The quantitative estimate of drug-likeness (QED) is 0.722. The van der Waals surface area contributed by atoms with Gasteiger partial charge in [0.05, 0.1) is 4.90 Å². The van der Waals surface area contributed by atoms with E-state index in [-0.39, 0.29) is 22.4 Å². The number of hydrogen-bond donors (Lipinski definition) is 3. The Balaban J connectivity index is 2.21. The van der Waals surface area contributed by atoms with Gasteiger partial charge in [0, 0.05) is 29.9 Å². The second kappa shape index (κ2) is 8.11. The molecule has 0 unspecified atom stereocenters. The van der Waals surface area contributed by atoms with Crippen LogP contribution in [0.5, 0.6) is 0 Å². The maximum absolute atomic E-state index is 12.4. The molecule has 2 amide bonds. The fourth-order valence-corrected chi connectivity index (χ4v) is 3.56. The van der Waals surface area contributed by atoms with E-state index >= 15 is 0 Å². The molecular weight excluding hydrogens is 354 g/mol. The molecule has 3 N–H and O–H groups in total. The van der Waals surface area contributed by atoms with E-state index in [9.17, 15) is 18.0 Å². The van der Waals surface area contributed by atoms with Gasteiger partial charge in [0.25, 0.3) is 5.91 Å². The van der Waals surface area contributed by atoms with Crippen molar-refractivity contribution in [2.45, 2.75) is 31.7 Å². The highest BCUT2D eigenvalue weighted by Gasteiger charge is 2.17. The summed E-state index contributed by atoms with van der Waals surface area (Å²) >= 11 is 0. The van der Waals surface area contributed by atoms with E-state index in [0.717, 1.165) is 0 Å². The number of sulfonamides is 1. The summed E-state index contributed by atoms with van der Waals surface area (Å²) in [5.74, 6) is -0.671. The Labute approximate surface area is 152 Å². The summed E-state index contributed by atoms with van der Waals surface area (Å²) in [6.45, 7) is 4.83. The fraction of sp³-hybridized carbons (Fsp3) is 0.222. The van der Waals surface area contributed by atoms with Crippen LogP contribution in [-0.4, -0.2) is 26.3 Å². The molecule has 0 aliphatic heterocycles. The standard InChI is InChI=1S/C18H21N3O4S/c1-12(2)21-26(24,25)17-9-4-6-14(10-17)18(23)20-16-8-5-7-15(11-16)19-13(3)22/h4-12,21H,1-3H3,(H,19,22)(H,20,23). The number of benzene rings is 2. The Morgan fingerprint density at radius 3 is 2.15 bits per heavy atom. The highest BCUT2D eigenvalue weighted by atomic mass is 32.2. The monoisotopic (exact) mass is 375 g/mol. The lowest BCUT2D eigenvalue weighted by atomic mass is 10.2. The summed E-state index contributed by atoms with van der Waals surface area (Å²) in [5.41, 5.74) is 1.24. The first-order valence-corrected chi connectivity index (χ1v) is 9.47. The fourth-order valence-electron chi connectivity index (χ4n) is 2.26. The molecule has 0 saturated heterocycles. The van der Waals surface area contributed by atoms with E-state index < -0.39 is 15.9 Å². The van der Waals surface area contributed by atoms with E-state index in [1.165, 1.54) is 31.2 Å². The summed E-state index contributed by atoms with van der Waals surface area (Å²) in [7, 11) is -3.69. The van der Waals surface area contributed by atoms with Crippen molar-refractivity contribution < 1.29 is 18.0 Å². The van der Waals surface area contributed by atoms with Crippen molar-refractivity contribution in [2.24, 2.45) is 0 Å². The minimum atomic E-state index is -3.69. The third kappa shape index (κ3) is 5.40. The molecule has 0 fully saturated rings. The maximum atomic E-state index is 12.4. The molecule has 0 aliphatic rings. The zero-order valence-electron chi connectivity index (χ0n) is 14.7. The molecule has 0 saturated carbocycles. The molecule has 0 aromatic heterocycles. The van der Waals surface area contributed by atoms with Gasteiger partial charge in [0.15, 0.2) is 0 Å². The van der Waals surface area contributed by atoms with Crippen molar-refractivity contribution >= 4 is 33.2 Å². The molecule has 138 valence electrons. The SMILES string of the molecule is CC(=O)Nc1cccc(NC(=O)c2cccc(S(=O)(=O)NC(C)C)c2)c1. The van der Waals surface area contributed by atoms with Gasteiger partial charge in [0.2, 0.25) is 15.9 Å².